The quantitative estimate of drug-likeness (QED) is 0.0687. The van der Waals surface area contributed by atoms with Gasteiger partial charge in [0.2, 0.25) is 21.0 Å². The largest absolute Gasteiger partial charge is 0.352 e. The maximum Gasteiger partial charge on any atom is 0.216 e. The van der Waals surface area contributed by atoms with Gasteiger partial charge in [0.25, 0.3) is 0 Å². The second kappa shape index (κ2) is 27.7. The molecule has 0 aliphatic carbocycles. The van der Waals surface area contributed by atoms with E-state index in [0.717, 1.165) is 5.57 Å². The van der Waals surface area contributed by atoms with Crippen LogP contribution in [0.4, 0.5) is 0 Å². The van der Waals surface area contributed by atoms with Gasteiger partial charge in [-0.2, -0.15) is 0 Å². The Morgan fingerprint density at radius 3 is 1.27 bits per heavy atom. The molecule has 2 unspecified atom stereocenters. The van der Waals surface area contributed by atoms with E-state index < -0.39 is 21.0 Å². The maximum absolute atomic E-state index is 11.7. The van der Waals surface area contributed by atoms with Crippen LogP contribution in [0.2, 0.25) is 0 Å². The lowest BCUT2D eigenvalue weighted by Gasteiger charge is -2.12. The number of carbonyl (C=O) groups is 1. The Hall–Kier alpha value is -1.15. The lowest BCUT2D eigenvalue weighted by atomic mass is 10.1. The van der Waals surface area contributed by atoms with E-state index in [2.05, 4.69) is 36.3 Å². The van der Waals surface area contributed by atoms with Crippen molar-refractivity contribution in [3.63, 3.8) is 0 Å². The number of hydrogen-bond donors (Lipinski definition) is 0. The van der Waals surface area contributed by atoms with Crippen LogP contribution in [0, 0.1) is 5.92 Å². The molecule has 0 aliphatic heterocycles. The molecule has 0 amide bonds. The van der Waals surface area contributed by atoms with Gasteiger partial charge in [-0.05, 0) is 46.1 Å². The first-order valence-electron chi connectivity index (χ1n) is 13.3. The monoisotopic (exact) mass is 626 g/mol. The molecule has 0 aliphatic rings. The smallest absolute Gasteiger partial charge is 0.216 e. The molecule has 41 heavy (non-hydrogen) atoms. The summed E-state index contributed by atoms with van der Waals surface area (Å²) in [4.78, 5) is 10.4. The Morgan fingerprint density at radius 1 is 0.683 bits per heavy atom. The van der Waals surface area contributed by atoms with Gasteiger partial charge in [0, 0.05) is 54.1 Å². The summed E-state index contributed by atoms with van der Waals surface area (Å²) in [7, 11) is 1.11. The highest BCUT2D eigenvalue weighted by Gasteiger charge is 2.14. The van der Waals surface area contributed by atoms with Crippen LogP contribution in [-0.4, -0.2) is 85.7 Å². The maximum atomic E-state index is 11.7. The average Bonchev–Trinajstić information content (AvgIpc) is 2.86. The highest BCUT2D eigenvalue weighted by molar-refractivity contribution is 7.58. The molecular weight excluding hydrogens is 566 g/mol. The van der Waals surface area contributed by atoms with Crippen molar-refractivity contribution in [2.24, 2.45) is 5.92 Å². The number of hydrogen-bond acceptors (Lipinski definition) is 9. The molecule has 0 fully saturated rings. The van der Waals surface area contributed by atoms with Crippen LogP contribution in [-0.2, 0) is 41.9 Å². The average molecular weight is 627 g/mol. The summed E-state index contributed by atoms with van der Waals surface area (Å²) in [5, 5.41) is 0. The van der Waals surface area contributed by atoms with E-state index in [1.165, 1.54) is 26.7 Å². The lowest BCUT2D eigenvalue weighted by Crippen LogP contribution is -2.21. The van der Waals surface area contributed by atoms with Gasteiger partial charge in [-0.1, -0.05) is 63.3 Å². The van der Waals surface area contributed by atoms with Crippen LogP contribution in [0.15, 0.2) is 47.6 Å². The van der Waals surface area contributed by atoms with E-state index in [1.807, 2.05) is 39.0 Å². The fourth-order valence-corrected chi connectivity index (χ4v) is 5.13. The fraction of sp³-hybridized carbons (Fsp3) is 0.700. The molecule has 0 heterocycles. The van der Waals surface area contributed by atoms with Gasteiger partial charge < -0.3 is 28.0 Å². The molecule has 0 N–H and O–H groups in total. The highest BCUT2D eigenvalue weighted by atomic mass is 31.2. The second-order valence-corrected chi connectivity index (χ2v) is 14.6. The van der Waals surface area contributed by atoms with Gasteiger partial charge >= 0.3 is 0 Å². The summed E-state index contributed by atoms with van der Waals surface area (Å²) in [5.41, 5.74) is 2.43. The molecule has 2 atom stereocenters. The first-order valence-corrected chi connectivity index (χ1v) is 17.8. The normalized spacial score (nSPS) is 15.2. The molecule has 0 rings (SSSR count). The standard InChI is InChI=1S/C14H24O2.C10H22O4P2.C5H10O3.CH4/c1-11(2)12(3)9-7-8-10-13(4)14(15-5)16-6;1-5-13-15(3,11)9-7-8-10-16(4,12)14-6-2;1-4(6)5(7-2)8-3;/h7-11,14H,1-6H3;7-8H,5-6,9-10H2,1-4H3;5H,1-3H3;1H4/b8-7+,12-9+,13-10+;8-7+;;. The number of rotatable bonds is 17. The zero-order chi connectivity index (χ0) is 31.8. The fourth-order valence-electron chi connectivity index (χ4n) is 2.77. The van der Waals surface area contributed by atoms with Gasteiger partial charge in [-0.15, -0.1) is 0 Å². The van der Waals surface area contributed by atoms with Crippen molar-refractivity contribution in [2.75, 3.05) is 67.3 Å². The number of ether oxygens (including phenoxy) is 4. The predicted molar refractivity (Wildman–Crippen MR) is 174 cm³/mol. The third-order valence-electron chi connectivity index (χ3n) is 5.15. The molecule has 0 aromatic rings. The predicted octanol–water partition coefficient (Wildman–Crippen LogP) is 7.97. The number of carbonyl (C=O) groups excluding carboxylic acids is 1. The molecule has 0 bridgehead atoms. The van der Waals surface area contributed by atoms with Crippen molar-refractivity contribution in [1.29, 1.82) is 0 Å². The Bertz CT molecular complexity index is 839. The van der Waals surface area contributed by atoms with Crippen LogP contribution in [0.25, 0.3) is 0 Å². The van der Waals surface area contributed by atoms with Crippen molar-refractivity contribution in [3.8, 4) is 0 Å². The number of allylic oxidation sites excluding steroid dienone is 7. The van der Waals surface area contributed by atoms with Crippen molar-refractivity contribution >= 4 is 20.5 Å². The zero-order valence-electron chi connectivity index (χ0n) is 27.1. The van der Waals surface area contributed by atoms with Crippen LogP contribution in [0.3, 0.4) is 0 Å². The minimum atomic E-state index is -2.51. The van der Waals surface area contributed by atoms with E-state index in [0.29, 0.717) is 31.5 Å². The Morgan fingerprint density at radius 2 is 1.02 bits per heavy atom. The van der Waals surface area contributed by atoms with Crippen molar-refractivity contribution in [1.82, 2.24) is 0 Å². The third-order valence-corrected chi connectivity index (χ3v) is 8.50. The molecular formula is C30H60O9P2. The zero-order valence-corrected chi connectivity index (χ0v) is 28.9. The third kappa shape index (κ3) is 28.7. The van der Waals surface area contributed by atoms with Crippen LogP contribution in [0.1, 0.15) is 55.9 Å². The van der Waals surface area contributed by atoms with E-state index >= 15 is 0 Å². The number of methoxy groups -OCH3 is 4. The molecule has 11 heteroatoms. The summed E-state index contributed by atoms with van der Waals surface area (Å²) >= 11 is 0. The van der Waals surface area contributed by atoms with Crippen LogP contribution >= 0.6 is 14.7 Å². The highest BCUT2D eigenvalue weighted by Crippen LogP contribution is 2.44. The molecule has 0 aromatic carbocycles. The minimum absolute atomic E-state index is 0. The summed E-state index contributed by atoms with van der Waals surface area (Å²) in [6, 6.07) is 0. The molecule has 0 saturated heterocycles. The SMILES string of the molecule is C.CCOP(C)(=O)C/C=C/CP(C)(=O)OCC.COC(OC)/C(C)=C/C=C/C=C(\C)C(C)C.COC(OC)C(C)=O. The van der Waals surface area contributed by atoms with Crippen LogP contribution in [0.5, 0.6) is 0 Å². The van der Waals surface area contributed by atoms with E-state index in [9.17, 15) is 13.9 Å². The summed E-state index contributed by atoms with van der Waals surface area (Å²) < 4.78 is 53.1. The minimum Gasteiger partial charge on any atom is -0.352 e. The summed E-state index contributed by atoms with van der Waals surface area (Å²) in [6.45, 7) is 17.7. The van der Waals surface area contributed by atoms with E-state index in [4.69, 9.17) is 18.5 Å². The summed E-state index contributed by atoms with van der Waals surface area (Å²) in [5.74, 6) is 0.482. The molecule has 0 radical (unpaired) electrons. The van der Waals surface area contributed by atoms with Crippen molar-refractivity contribution in [3.05, 3.63) is 47.6 Å². The molecule has 0 spiro atoms. The number of ketones is 1. The van der Waals surface area contributed by atoms with Gasteiger partial charge in [0.15, 0.2) is 12.1 Å². The van der Waals surface area contributed by atoms with Gasteiger partial charge in [-0.25, -0.2) is 0 Å². The molecule has 244 valence electrons. The Balaban J connectivity index is -0.000000261. The summed E-state index contributed by atoms with van der Waals surface area (Å²) in [6.07, 6.45) is 11.5. The second-order valence-electron chi connectivity index (χ2n) is 9.28. The first kappa shape index (κ1) is 46.8. The van der Waals surface area contributed by atoms with Crippen molar-refractivity contribution in [2.45, 2.75) is 68.5 Å². The van der Waals surface area contributed by atoms with Crippen LogP contribution < -0.4 is 0 Å². The Kier molecular flexibility index (Phi) is 31.6. The van der Waals surface area contributed by atoms with E-state index in [-0.39, 0.29) is 19.5 Å². The molecule has 9 nitrogen and oxygen atoms in total. The Labute approximate surface area is 251 Å². The number of Topliss-reactive ketones (excluding diaryl/α,β-unsaturated/α-hetero) is 1. The van der Waals surface area contributed by atoms with Gasteiger partial charge in [0.1, 0.15) is 0 Å². The van der Waals surface area contributed by atoms with E-state index in [1.54, 1.807) is 39.7 Å². The molecule has 0 saturated carbocycles. The van der Waals surface area contributed by atoms with Gasteiger partial charge in [0.05, 0.1) is 13.2 Å². The lowest BCUT2D eigenvalue weighted by molar-refractivity contribution is -0.154. The molecule has 0 aromatic heterocycles. The van der Waals surface area contributed by atoms with Gasteiger partial charge in [-0.3, -0.25) is 13.9 Å². The van der Waals surface area contributed by atoms with Crippen molar-refractivity contribution < 1.29 is 41.9 Å². The topological polar surface area (TPSA) is 107 Å². The first-order chi connectivity index (χ1) is 18.6.